The smallest absolute Gasteiger partial charge is 0.311 e. The van der Waals surface area contributed by atoms with Crippen LogP contribution < -0.4 is 10.5 Å². The lowest BCUT2D eigenvalue weighted by atomic mass is 10.3. The molecule has 0 amide bonds. The predicted molar refractivity (Wildman–Crippen MR) is 69.5 cm³/mol. The number of nitro groups is 1. The van der Waals surface area contributed by atoms with Gasteiger partial charge in [-0.3, -0.25) is 10.1 Å². The number of hydrogen-bond donors (Lipinski definition) is 1. The van der Waals surface area contributed by atoms with Crippen molar-refractivity contribution in [2.75, 3.05) is 5.73 Å². The Morgan fingerprint density at radius 1 is 1.42 bits per heavy atom. The second-order valence-electron chi connectivity index (χ2n) is 3.53. The Morgan fingerprint density at radius 3 is 2.79 bits per heavy atom. The number of anilines is 1. The molecule has 0 fully saturated rings. The van der Waals surface area contributed by atoms with Crippen LogP contribution in [0.1, 0.15) is 0 Å². The average Bonchev–Trinajstić information content (AvgIpc) is 2.32. The fourth-order valence-corrected chi connectivity index (χ4v) is 1.79. The lowest BCUT2D eigenvalue weighted by Crippen LogP contribution is -1.97. The summed E-state index contributed by atoms with van der Waals surface area (Å²) in [6, 6.07) is 4.45. The van der Waals surface area contributed by atoms with Crippen molar-refractivity contribution in [1.82, 2.24) is 4.98 Å². The van der Waals surface area contributed by atoms with E-state index in [9.17, 15) is 14.5 Å². The van der Waals surface area contributed by atoms with Crippen LogP contribution in [-0.2, 0) is 0 Å². The van der Waals surface area contributed by atoms with E-state index in [2.05, 4.69) is 20.9 Å². The van der Waals surface area contributed by atoms with Crippen LogP contribution in [0, 0.1) is 15.9 Å². The summed E-state index contributed by atoms with van der Waals surface area (Å²) in [5, 5.41) is 10.8. The fraction of sp³-hybridized carbons (Fsp3) is 0. The molecule has 19 heavy (non-hydrogen) atoms. The molecule has 0 spiro atoms. The summed E-state index contributed by atoms with van der Waals surface area (Å²) in [7, 11) is 0. The van der Waals surface area contributed by atoms with Gasteiger partial charge >= 0.3 is 5.69 Å². The molecule has 98 valence electrons. The quantitative estimate of drug-likeness (QED) is 0.690. The maximum Gasteiger partial charge on any atom is 0.311 e. The molecular weight excluding hydrogens is 321 g/mol. The number of pyridine rings is 1. The molecule has 1 heterocycles. The molecule has 1 aromatic heterocycles. The van der Waals surface area contributed by atoms with E-state index in [-0.39, 0.29) is 17.3 Å². The van der Waals surface area contributed by atoms with Crippen LogP contribution in [0.4, 0.5) is 15.8 Å². The number of rotatable bonds is 3. The summed E-state index contributed by atoms with van der Waals surface area (Å²) in [6.07, 6.45) is 1.32. The third kappa shape index (κ3) is 2.97. The van der Waals surface area contributed by atoms with Crippen LogP contribution in [0.15, 0.2) is 34.9 Å². The third-order valence-corrected chi connectivity index (χ3v) is 2.72. The first-order valence-electron chi connectivity index (χ1n) is 5.00. The molecule has 0 aliphatic rings. The molecule has 0 bridgehead atoms. The van der Waals surface area contributed by atoms with Crippen LogP contribution in [-0.4, -0.2) is 9.91 Å². The Kier molecular flexibility index (Phi) is 3.61. The average molecular weight is 328 g/mol. The van der Waals surface area contributed by atoms with Gasteiger partial charge in [-0.2, -0.15) is 0 Å². The van der Waals surface area contributed by atoms with Crippen LogP contribution >= 0.6 is 15.9 Å². The molecule has 0 aliphatic carbocycles. The van der Waals surface area contributed by atoms with Gasteiger partial charge in [0.25, 0.3) is 0 Å². The predicted octanol–water partition coefficient (Wildman–Crippen LogP) is 3.27. The maximum atomic E-state index is 13.1. The molecule has 8 heteroatoms. The van der Waals surface area contributed by atoms with Gasteiger partial charge in [0.15, 0.2) is 0 Å². The summed E-state index contributed by atoms with van der Waals surface area (Å²) in [4.78, 5) is 14.0. The van der Waals surface area contributed by atoms with Crippen LogP contribution in [0.2, 0.25) is 0 Å². The highest BCUT2D eigenvalue weighted by Crippen LogP contribution is 2.34. The number of hydrogen-bond acceptors (Lipinski definition) is 5. The standard InChI is InChI=1S/C11H7BrFN3O3/c12-8-4-7(14)5-15-11(8)19-10-3-6(13)1-2-9(10)16(17)18/h1-5H,14H2. The first-order chi connectivity index (χ1) is 8.97. The molecule has 0 saturated carbocycles. The maximum absolute atomic E-state index is 13.1. The van der Waals surface area contributed by atoms with Crippen molar-refractivity contribution < 1.29 is 14.1 Å². The van der Waals surface area contributed by atoms with E-state index < -0.39 is 10.7 Å². The fourth-order valence-electron chi connectivity index (χ4n) is 1.34. The van der Waals surface area contributed by atoms with Gasteiger partial charge in [-0.05, 0) is 28.1 Å². The van der Waals surface area contributed by atoms with Gasteiger partial charge in [-0.1, -0.05) is 0 Å². The topological polar surface area (TPSA) is 91.3 Å². The summed E-state index contributed by atoms with van der Waals surface area (Å²) in [5.41, 5.74) is 5.55. The van der Waals surface area contributed by atoms with Gasteiger partial charge in [-0.15, -0.1) is 0 Å². The Bertz CT molecular complexity index is 651. The van der Waals surface area contributed by atoms with Gasteiger partial charge < -0.3 is 10.5 Å². The number of nitro benzene ring substituents is 1. The number of nitrogen functional groups attached to an aromatic ring is 1. The van der Waals surface area contributed by atoms with E-state index in [0.717, 1.165) is 18.2 Å². The highest BCUT2D eigenvalue weighted by atomic mass is 79.9. The summed E-state index contributed by atoms with van der Waals surface area (Å²) in [6.45, 7) is 0. The molecular formula is C11H7BrFN3O3. The zero-order valence-corrected chi connectivity index (χ0v) is 10.9. The highest BCUT2D eigenvalue weighted by Gasteiger charge is 2.18. The van der Waals surface area contributed by atoms with Crippen molar-refractivity contribution in [3.63, 3.8) is 0 Å². The van der Waals surface area contributed by atoms with E-state index in [0.29, 0.717) is 10.2 Å². The van der Waals surface area contributed by atoms with Gasteiger partial charge in [0, 0.05) is 12.1 Å². The van der Waals surface area contributed by atoms with Gasteiger partial charge in [-0.25, -0.2) is 9.37 Å². The molecule has 2 N–H and O–H groups in total. The molecule has 0 atom stereocenters. The first kappa shape index (κ1) is 13.2. The minimum absolute atomic E-state index is 0.0582. The molecule has 6 nitrogen and oxygen atoms in total. The minimum Gasteiger partial charge on any atom is -0.431 e. The summed E-state index contributed by atoms with van der Waals surface area (Å²) >= 11 is 3.15. The van der Waals surface area contributed by atoms with Gasteiger partial charge in [0.2, 0.25) is 11.6 Å². The van der Waals surface area contributed by atoms with E-state index in [4.69, 9.17) is 10.5 Å². The second-order valence-corrected chi connectivity index (χ2v) is 4.38. The number of aromatic nitrogens is 1. The monoisotopic (exact) mass is 327 g/mol. The number of benzene rings is 1. The van der Waals surface area contributed by atoms with E-state index >= 15 is 0 Å². The zero-order chi connectivity index (χ0) is 14.0. The molecule has 0 saturated heterocycles. The van der Waals surface area contributed by atoms with Crippen molar-refractivity contribution in [1.29, 1.82) is 0 Å². The Morgan fingerprint density at radius 2 is 2.16 bits per heavy atom. The molecule has 0 radical (unpaired) electrons. The number of ether oxygens (including phenoxy) is 1. The van der Waals surface area contributed by atoms with Crippen molar-refractivity contribution in [2.24, 2.45) is 0 Å². The largest absolute Gasteiger partial charge is 0.431 e. The normalized spacial score (nSPS) is 10.2. The number of nitrogens with zero attached hydrogens (tertiary/aromatic N) is 2. The van der Waals surface area contributed by atoms with Crippen molar-refractivity contribution >= 4 is 27.3 Å². The molecule has 2 aromatic rings. The lowest BCUT2D eigenvalue weighted by Gasteiger charge is -2.07. The van der Waals surface area contributed by atoms with E-state index in [1.165, 1.54) is 12.3 Å². The molecule has 2 rings (SSSR count). The molecule has 1 aromatic carbocycles. The number of nitrogens with two attached hydrogens (primary N) is 1. The van der Waals surface area contributed by atoms with E-state index in [1.807, 2.05) is 0 Å². The van der Waals surface area contributed by atoms with Crippen molar-refractivity contribution in [2.45, 2.75) is 0 Å². The lowest BCUT2D eigenvalue weighted by molar-refractivity contribution is -0.385. The summed E-state index contributed by atoms with van der Waals surface area (Å²) < 4.78 is 18.8. The highest BCUT2D eigenvalue weighted by molar-refractivity contribution is 9.10. The van der Waals surface area contributed by atoms with Crippen molar-refractivity contribution in [3.05, 3.63) is 50.9 Å². The summed E-state index contributed by atoms with van der Waals surface area (Å²) in [5.74, 6) is -0.821. The molecule has 0 aliphatic heterocycles. The Labute approximate surface area is 115 Å². The SMILES string of the molecule is Nc1cnc(Oc2cc(F)ccc2[N+](=O)[O-])c(Br)c1. The van der Waals surface area contributed by atoms with Crippen LogP contribution in [0.25, 0.3) is 0 Å². The van der Waals surface area contributed by atoms with Crippen molar-refractivity contribution in [3.8, 4) is 11.6 Å². The van der Waals surface area contributed by atoms with Crippen LogP contribution in [0.3, 0.4) is 0 Å². The molecule has 0 unspecified atom stereocenters. The zero-order valence-electron chi connectivity index (χ0n) is 9.34. The van der Waals surface area contributed by atoms with Gasteiger partial charge in [0.1, 0.15) is 5.82 Å². The van der Waals surface area contributed by atoms with Gasteiger partial charge in [0.05, 0.1) is 21.3 Å². The van der Waals surface area contributed by atoms with E-state index in [1.54, 1.807) is 0 Å². The Hall–Kier alpha value is -2.22. The first-order valence-corrected chi connectivity index (χ1v) is 5.79. The van der Waals surface area contributed by atoms with Crippen LogP contribution in [0.5, 0.6) is 11.6 Å². The third-order valence-electron chi connectivity index (χ3n) is 2.15. The number of halogens is 2. The second kappa shape index (κ2) is 5.19. The minimum atomic E-state index is -0.667. The Balaban J connectivity index is 2.42.